The van der Waals surface area contributed by atoms with Crippen LogP contribution in [0.4, 0.5) is 11.6 Å². The van der Waals surface area contributed by atoms with Gasteiger partial charge in [0.05, 0.1) is 35.8 Å². The Kier molecular flexibility index (Phi) is 24.8. The lowest BCUT2D eigenvalue weighted by molar-refractivity contribution is -0.138. The second-order valence-corrected chi connectivity index (χ2v) is 12.3. The Morgan fingerprint density at radius 1 is 0.836 bits per heavy atom. The highest BCUT2D eigenvalue weighted by atomic mass is 32.1. The first-order valence-corrected chi connectivity index (χ1v) is 18.4. The third-order valence-corrected chi connectivity index (χ3v) is 7.76. The summed E-state index contributed by atoms with van der Waals surface area (Å²) in [6.07, 6.45) is 4.46. The topological polar surface area (TPSA) is 285 Å². The molecule has 2 radical (unpaired) electrons. The maximum atomic E-state index is 12.0. The number of amides is 1. The minimum atomic E-state index is -0.979. The van der Waals surface area contributed by atoms with Crippen molar-refractivity contribution < 1.29 is 44.0 Å². The number of carboxylic acids is 1. The summed E-state index contributed by atoms with van der Waals surface area (Å²) in [4.78, 5) is 69.0. The summed E-state index contributed by atoms with van der Waals surface area (Å²) in [5, 5.41) is 43.8. The molecule has 0 aromatic carbocycles. The van der Waals surface area contributed by atoms with Crippen molar-refractivity contribution in [3.05, 3.63) is 58.8 Å². The highest BCUT2D eigenvalue weighted by molar-refractivity contribution is 7.13. The Labute approximate surface area is 329 Å². The molecule has 0 aliphatic heterocycles. The van der Waals surface area contributed by atoms with Gasteiger partial charge >= 0.3 is 20.1 Å². The molecule has 4 aromatic heterocycles. The number of hydrogen-bond donors (Lipinski definition) is 9. The summed E-state index contributed by atoms with van der Waals surface area (Å²) in [6.45, 7) is 10.7. The molecule has 4 heterocycles. The average molecular weight is 796 g/mol. The van der Waals surface area contributed by atoms with Crippen molar-refractivity contribution in [3.8, 4) is 21.1 Å². The predicted octanol–water partition coefficient (Wildman–Crippen LogP) is 0.866. The molecule has 0 saturated heterocycles. The SMILES string of the molecule is CB(O)NOCc1ccc(-c2nc(N)cs2)cn1.CB(O)NOCc1ccc(-c2nc(NC(=O)[C@H](C)N[B]C=O)cs2)cn1.CC.C[C@H](N[B]C=O)C(=O)O. The van der Waals surface area contributed by atoms with E-state index < -0.39 is 32.2 Å². The van der Waals surface area contributed by atoms with Gasteiger partial charge in [-0.25, -0.2) is 20.8 Å². The van der Waals surface area contributed by atoms with Gasteiger partial charge in [0.2, 0.25) is 5.91 Å². The highest BCUT2D eigenvalue weighted by Gasteiger charge is 2.15. The van der Waals surface area contributed by atoms with Gasteiger partial charge in [0.25, 0.3) is 14.8 Å². The number of aromatic nitrogens is 4. The Morgan fingerprint density at radius 2 is 1.31 bits per heavy atom. The minimum Gasteiger partial charge on any atom is -0.480 e. The van der Waals surface area contributed by atoms with Crippen LogP contribution < -0.4 is 32.3 Å². The molecule has 0 aliphatic rings. The number of carboxylic acid groups (broad SMARTS) is 1. The lowest BCUT2D eigenvalue weighted by Gasteiger charge is -2.10. The molecule has 19 nitrogen and oxygen atoms in total. The van der Waals surface area contributed by atoms with Gasteiger partial charge in [-0.3, -0.25) is 19.6 Å². The number of hydrogen-bond acceptors (Lipinski definition) is 19. The van der Waals surface area contributed by atoms with Crippen LogP contribution in [-0.2, 0) is 42.1 Å². The summed E-state index contributed by atoms with van der Waals surface area (Å²) in [7, 11) is 0.762. The number of pyridine rings is 2. The number of nitrogens with one attached hydrogen (secondary N) is 5. The molecule has 0 aliphatic carbocycles. The van der Waals surface area contributed by atoms with E-state index in [1.165, 1.54) is 37.0 Å². The highest BCUT2D eigenvalue weighted by Crippen LogP contribution is 2.26. The molecule has 55 heavy (non-hydrogen) atoms. The zero-order valence-corrected chi connectivity index (χ0v) is 32.8. The second-order valence-electron chi connectivity index (χ2n) is 10.6. The predicted molar refractivity (Wildman–Crippen MR) is 216 cm³/mol. The van der Waals surface area contributed by atoms with E-state index in [1.54, 1.807) is 49.8 Å². The fourth-order valence-electron chi connectivity index (χ4n) is 3.38. The first-order chi connectivity index (χ1) is 26.3. The second kappa shape index (κ2) is 28.1. The molecule has 4 aromatic rings. The van der Waals surface area contributed by atoms with Crippen LogP contribution in [0.25, 0.3) is 21.1 Å². The van der Waals surface area contributed by atoms with Gasteiger partial charge in [-0.2, -0.15) is 0 Å². The van der Waals surface area contributed by atoms with Crippen LogP contribution >= 0.6 is 22.7 Å². The molecule has 0 fully saturated rings. The molecule has 292 valence electrons. The first-order valence-electron chi connectivity index (χ1n) is 16.6. The number of anilines is 2. The van der Waals surface area contributed by atoms with Gasteiger partial charge < -0.3 is 55.9 Å². The molecule has 1 amide bonds. The van der Waals surface area contributed by atoms with Gasteiger partial charge in [-0.05, 0) is 51.8 Å². The maximum absolute atomic E-state index is 12.0. The normalized spacial score (nSPS) is 11.1. The fraction of sp³-hybridized carbons (Fsp3) is 0.333. The van der Waals surface area contributed by atoms with Crippen LogP contribution in [0.5, 0.6) is 0 Å². The molecular formula is C30H44B4N10O9S2. The summed E-state index contributed by atoms with van der Waals surface area (Å²) in [5.74, 6) is -0.323. The number of thiazole rings is 2. The number of rotatable bonds is 19. The van der Waals surface area contributed by atoms with E-state index in [9.17, 15) is 19.2 Å². The van der Waals surface area contributed by atoms with Crippen LogP contribution in [-0.4, -0.2) is 100 Å². The molecule has 0 saturated carbocycles. The molecule has 2 atom stereocenters. The Bertz CT molecular complexity index is 1690. The zero-order valence-electron chi connectivity index (χ0n) is 31.1. The van der Waals surface area contributed by atoms with Crippen molar-refractivity contribution in [3.63, 3.8) is 0 Å². The van der Waals surface area contributed by atoms with Gasteiger partial charge in [0, 0.05) is 34.3 Å². The summed E-state index contributed by atoms with van der Waals surface area (Å²) >= 11 is 2.85. The number of carbonyl (C=O) groups is 4. The van der Waals surface area contributed by atoms with E-state index in [0.717, 1.165) is 29.2 Å². The largest absolute Gasteiger partial charge is 0.480 e. The van der Waals surface area contributed by atoms with Crippen molar-refractivity contribution >= 4 is 87.5 Å². The van der Waals surface area contributed by atoms with Gasteiger partial charge in [0.1, 0.15) is 34.9 Å². The van der Waals surface area contributed by atoms with E-state index in [2.05, 4.69) is 46.5 Å². The fourth-order valence-corrected chi connectivity index (χ4v) is 4.82. The molecular weight excluding hydrogens is 752 g/mol. The van der Waals surface area contributed by atoms with Crippen molar-refractivity contribution in [2.45, 2.75) is 66.6 Å². The van der Waals surface area contributed by atoms with Crippen LogP contribution in [0.15, 0.2) is 47.4 Å². The monoisotopic (exact) mass is 796 g/mol. The van der Waals surface area contributed by atoms with Crippen molar-refractivity contribution in [1.29, 1.82) is 0 Å². The van der Waals surface area contributed by atoms with Crippen LogP contribution in [0.2, 0.25) is 13.6 Å². The third-order valence-electron chi connectivity index (χ3n) is 5.96. The molecule has 25 heteroatoms. The van der Waals surface area contributed by atoms with E-state index in [4.69, 9.17) is 30.6 Å². The smallest absolute Gasteiger partial charge is 0.398 e. The lowest BCUT2D eigenvalue weighted by atomic mass is 9.92. The van der Waals surface area contributed by atoms with Crippen molar-refractivity contribution in [2.24, 2.45) is 0 Å². The number of aliphatic carboxylic acids is 1. The van der Waals surface area contributed by atoms with Crippen molar-refractivity contribution in [2.75, 3.05) is 11.1 Å². The van der Waals surface area contributed by atoms with Crippen LogP contribution in [0.3, 0.4) is 0 Å². The van der Waals surface area contributed by atoms with Gasteiger partial charge in [0.15, 0.2) is 0 Å². The molecule has 0 unspecified atom stereocenters. The lowest BCUT2D eigenvalue weighted by Crippen LogP contribution is -2.40. The number of carbonyl (C=O) groups excluding carboxylic acids is 3. The summed E-state index contributed by atoms with van der Waals surface area (Å²) in [5.41, 5.74) is 8.75. The third kappa shape index (κ3) is 20.7. The Morgan fingerprint density at radius 3 is 1.71 bits per heavy atom. The number of nitrogens with two attached hydrogens (primary N) is 1. The number of nitrogens with zero attached hydrogens (tertiary/aromatic N) is 4. The van der Waals surface area contributed by atoms with Crippen molar-refractivity contribution in [1.82, 2.24) is 41.2 Å². The Balaban J connectivity index is 0.000000450. The van der Waals surface area contributed by atoms with E-state index >= 15 is 0 Å². The average Bonchev–Trinajstić information content (AvgIpc) is 3.83. The van der Waals surface area contributed by atoms with Crippen LogP contribution in [0.1, 0.15) is 39.1 Å². The molecule has 10 N–H and O–H groups in total. The van der Waals surface area contributed by atoms with Gasteiger partial charge in [-0.15, -0.1) is 22.7 Å². The molecule has 4 rings (SSSR count). The van der Waals surface area contributed by atoms with E-state index in [1.807, 2.05) is 32.0 Å². The molecule has 0 bridgehead atoms. The zero-order chi connectivity index (χ0) is 41.2. The standard InChI is InChI=1S/C14H18B2N5O4S.C10H13BN4O2S.C4H7BNO3.C2H6/c1-9(20-15-8-22)13(23)18-12-7-26-14(19-12)10-3-4-11(17-5-10)6-25-21-16(2)24;1-11(16)15-17-5-8-3-2-7(4-13-8)10-14-9(12)6-18-10;1-3(4(8)9)6-5-2-7;1-2/h3-5,7-9,20-21,24H,6H2,1-2H3,(H,18,23);2-4,6,15-16H,5,12H2,1H3;2-3,6H,1H3,(H,8,9);1-2H3/t9-;;3-;/m0.0./s1. The van der Waals surface area contributed by atoms with E-state index in [-0.39, 0.29) is 19.1 Å². The summed E-state index contributed by atoms with van der Waals surface area (Å²) in [6, 6.07) is 6.14. The quantitative estimate of drug-likeness (QED) is 0.0361. The number of nitrogen functional groups attached to an aromatic ring is 1. The first kappa shape index (κ1) is 48.6. The van der Waals surface area contributed by atoms with Crippen LogP contribution in [0, 0.1) is 0 Å². The van der Waals surface area contributed by atoms with E-state index in [0.29, 0.717) is 34.7 Å². The summed E-state index contributed by atoms with van der Waals surface area (Å²) < 4.78 is 0. The maximum Gasteiger partial charge on any atom is 0.398 e. The minimum absolute atomic E-state index is 0.215. The Hall–Kier alpha value is -4.42. The molecule has 0 spiro atoms. The van der Waals surface area contributed by atoms with Gasteiger partial charge in [-0.1, -0.05) is 13.8 Å².